The zero-order chi connectivity index (χ0) is 23.5. The summed E-state index contributed by atoms with van der Waals surface area (Å²) in [5.41, 5.74) is 3.55. The number of imide groups is 1. The van der Waals surface area contributed by atoms with Crippen molar-refractivity contribution in [1.82, 2.24) is 4.90 Å². The first-order valence-corrected chi connectivity index (χ1v) is 10.8. The fraction of sp³-hybridized carbons (Fsp3) is 0.231. The minimum Gasteiger partial charge on any atom is -0.456 e. The van der Waals surface area contributed by atoms with Gasteiger partial charge in [0.2, 0.25) is 0 Å². The van der Waals surface area contributed by atoms with E-state index in [2.05, 4.69) is 5.32 Å². The summed E-state index contributed by atoms with van der Waals surface area (Å²) in [7, 11) is 0. The largest absolute Gasteiger partial charge is 0.456 e. The van der Waals surface area contributed by atoms with Gasteiger partial charge in [-0.15, -0.1) is 0 Å². The number of ether oxygens (including phenoxy) is 1. The van der Waals surface area contributed by atoms with Gasteiger partial charge in [-0.2, -0.15) is 0 Å². The minimum absolute atomic E-state index is 0.0142. The molecule has 3 aromatic rings. The van der Waals surface area contributed by atoms with Crippen LogP contribution >= 0.6 is 0 Å². The molecule has 7 nitrogen and oxygen atoms in total. The van der Waals surface area contributed by atoms with E-state index in [9.17, 15) is 19.2 Å². The van der Waals surface area contributed by atoms with E-state index in [1.54, 1.807) is 24.3 Å². The lowest BCUT2D eigenvalue weighted by Crippen LogP contribution is -2.41. The van der Waals surface area contributed by atoms with Crippen LogP contribution in [-0.2, 0) is 14.3 Å². The highest BCUT2D eigenvalue weighted by atomic mass is 16.5. The van der Waals surface area contributed by atoms with Gasteiger partial charge in [-0.05, 0) is 55.0 Å². The molecule has 0 saturated carbocycles. The molecule has 0 aliphatic carbocycles. The van der Waals surface area contributed by atoms with Crippen molar-refractivity contribution in [2.45, 2.75) is 26.7 Å². The molecule has 0 unspecified atom stereocenters. The van der Waals surface area contributed by atoms with E-state index in [1.165, 1.54) is 0 Å². The zero-order valence-corrected chi connectivity index (χ0v) is 18.5. The maximum atomic E-state index is 12.9. The van der Waals surface area contributed by atoms with Gasteiger partial charge in [0.05, 0.1) is 0 Å². The summed E-state index contributed by atoms with van der Waals surface area (Å²) >= 11 is 0. The van der Waals surface area contributed by atoms with Crippen molar-refractivity contribution in [3.8, 4) is 0 Å². The van der Waals surface area contributed by atoms with Crippen molar-refractivity contribution in [3.05, 3.63) is 76.9 Å². The van der Waals surface area contributed by atoms with Crippen molar-refractivity contribution >= 4 is 40.2 Å². The SMILES string of the molecule is Cc1ccc(C)c(NC(=O)COC(=O)CCCN2C(=O)c3cccc4cccc(c34)C2=O)c1. The molecule has 0 saturated heterocycles. The van der Waals surface area contributed by atoms with E-state index in [0.717, 1.165) is 21.4 Å². The number of nitrogens with one attached hydrogen (secondary N) is 1. The van der Waals surface area contributed by atoms with Gasteiger partial charge in [-0.3, -0.25) is 24.1 Å². The van der Waals surface area contributed by atoms with Crippen LogP contribution in [0.2, 0.25) is 0 Å². The Morgan fingerprint density at radius 2 is 1.61 bits per heavy atom. The first-order valence-electron chi connectivity index (χ1n) is 10.8. The average Bonchev–Trinajstić information content (AvgIpc) is 2.80. The summed E-state index contributed by atoms with van der Waals surface area (Å²) in [5.74, 6) is -1.73. The van der Waals surface area contributed by atoms with Crippen molar-refractivity contribution in [2.75, 3.05) is 18.5 Å². The fourth-order valence-corrected chi connectivity index (χ4v) is 3.94. The van der Waals surface area contributed by atoms with Crippen molar-refractivity contribution in [1.29, 1.82) is 0 Å². The van der Waals surface area contributed by atoms with E-state index in [1.807, 2.05) is 44.2 Å². The molecule has 3 aromatic carbocycles. The van der Waals surface area contributed by atoms with E-state index in [4.69, 9.17) is 4.74 Å². The third kappa shape index (κ3) is 4.62. The molecule has 1 heterocycles. The Balaban J connectivity index is 1.29. The molecule has 0 bridgehead atoms. The Kier molecular flexibility index (Phi) is 6.22. The number of hydrogen-bond acceptors (Lipinski definition) is 5. The third-order valence-corrected chi connectivity index (χ3v) is 5.65. The van der Waals surface area contributed by atoms with E-state index in [-0.39, 0.29) is 31.2 Å². The van der Waals surface area contributed by atoms with Crippen LogP contribution in [0.4, 0.5) is 5.69 Å². The van der Waals surface area contributed by atoms with E-state index in [0.29, 0.717) is 22.2 Å². The highest BCUT2D eigenvalue weighted by Gasteiger charge is 2.32. The number of amides is 3. The molecule has 0 aromatic heterocycles. The number of esters is 1. The maximum Gasteiger partial charge on any atom is 0.306 e. The van der Waals surface area contributed by atoms with Gasteiger partial charge >= 0.3 is 5.97 Å². The lowest BCUT2D eigenvalue weighted by atomic mass is 9.94. The summed E-state index contributed by atoms with van der Waals surface area (Å²) in [6.45, 7) is 3.49. The van der Waals surface area contributed by atoms with Crippen LogP contribution in [0, 0.1) is 13.8 Å². The van der Waals surface area contributed by atoms with Gasteiger partial charge in [-0.1, -0.05) is 36.4 Å². The van der Waals surface area contributed by atoms with Crippen molar-refractivity contribution in [2.24, 2.45) is 0 Å². The minimum atomic E-state index is -0.564. The summed E-state index contributed by atoms with van der Waals surface area (Å²) < 4.78 is 5.05. The molecule has 1 N–H and O–H groups in total. The monoisotopic (exact) mass is 444 g/mol. The molecule has 0 spiro atoms. The van der Waals surface area contributed by atoms with Crippen LogP contribution in [0.25, 0.3) is 10.8 Å². The molecule has 1 aliphatic heterocycles. The Labute approximate surface area is 191 Å². The molecule has 1 aliphatic rings. The summed E-state index contributed by atoms with van der Waals surface area (Å²) in [4.78, 5) is 51.1. The smallest absolute Gasteiger partial charge is 0.306 e. The van der Waals surface area contributed by atoms with Crippen LogP contribution in [0.15, 0.2) is 54.6 Å². The number of rotatable bonds is 7. The van der Waals surface area contributed by atoms with E-state index >= 15 is 0 Å². The lowest BCUT2D eigenvalue weighted by Gasteiger charge is -2.27. The second-order valence-electron chi connectivity index (χ2n) is 8.10. The van der Waals surface area contributed by atoms with E-state index < -0.39 is 18.5 Å². The molecule has 7 heteroatoms. The standard InChI is InChI=1S/C26H24N2O5/c1-16-11-12-17(2)21(14-16)27-22(29)15-33-23(30)10-5-13-28-25(31)19-8-3-6-18-7-4-9-20(24(18)19)26(28)32/h3-4,6-9,11-12,14H,5,10,13,15H2,1-2H3,(H,27,29). The Hall–Kier alpha value is -4.00. The summed E-state index contributed by atoms with van der Waals surface area (Å²) in [6, 6.07) is 16.4. The Bertz CT molecular complexity index is 1230. The Morgan fingerprint density at radius 1 is 0.939 bits per heavy atom. The average molecular weight is 444 g/mol. The molecular weight excluding hydrogens is 420 g/mol. The molecule has 0 radical (unpaired) electrons. The molecule has 4 rings (SSSR count). The summed E-state index contributed by atoms with van der Waals surface area (Å²) in [5, 5.41) is 4.24. The highest BCUT2D eigenvalue weighted by molar-refractivity contribution is 6.25. The van der Waals surface area contributed by atoms with Gasteiger partial charge < -0.3 is 10.1 Å². The van der Waals surface area contributed by atoms with Crippen molar-refractivity contribution in [3.63, 3.8) is 0 Å². The number of carbonyl (C=O) groups excluding carboxylic acids is 4. The first kappa shape index (κ1) is 22.2. The van der Waals surface area contributed by atoms with Crippen LogP contribution < -0.4 is 5.32 Å². The zero-order valence-electron chi connectivity index (χ0n) is 18.5. The second kappa shape index (κ2) is 9.24. The number of benzene rings is 3. The number of anilines is 1. The van der Waals surface area contributed by atoms with Gasteiger partial charge in [0.25, 0.3) is 17.7 Å². The molecule has 0 atom stereocenters. The molecule has 0 fully saturated rings. The van der Waals surface area contributed by atoms with Gasteiger partial charge in [-0.25, -0.2) is 0 Å². The lowest BCUT2D eigenvalue weighted by molar-refractivity contribution is -0.147. The van der Waals surface area contributed by atoms with Crippen LogP contribution in [-0.4, -0.2) is 41.7 Å². The maximum absolute atomic E-state index is 12.9. The van der Waals surface area contributed by atoms with Crippen molar-refractivity contribution < 1.29 is 23.9 Å². The molecular formula is C26H24N2O5. The molecule has 168 valence electrons. The second-order valence-corrected chi connectivity index (χ2v) is 8.10. The van der Waals surface area contributed by atoms with Gasteiger partial charge in [0.15, 0.2) is 6.61 Å². The van der Waals surface area contributed by atoms with Gasteiger partial charge in [0, 0.05) is 35.2 Å². The predicted molar refractivity (Wildman–Crippen MR) is 124 cm³/mol. The van der Waals surface area contributed by atoms with Crippen LogP contribution in [0.3, 0.4) is 0 Å². The fourth-order valence-electron chi connectivity index (χ4n) is 3.94. The predicted octanol–water partition coefficient (Wildman–Crippen LogP) is 4.01. The quantitative estimate of drug-likeness (QED) is 0.439. The topological polar surface area (TPSA) is 92.8 Å². The first-order chi connectivity index (χ1) is 15.8. The molecule has 33 heavy (non-hydrogen) atoms. The third-order valence-electron chi connectivity index (χ3n) is 5.65. The Morgan fingerprint density at radius 3 is 2.27 bits per heavy atom. The molecule has 3 amide bonds. The summed E-state index contributed by atoms with van der Waals surface area (Å²) in [6.07, 6.45) is 0.229. The van der Waals surface area contributed by atoms with Gasteiger partial charge in [0.1, 0.15) is 0 Å². The van der Waals surface area contributed by atoms with Crippen LogP contribution in [0.1, 0.15) is 44.7 Å². The normalized spacial score (nSPS) is 12.7. The number of hydrogen-bond donors (Lipinski definition) is 1. The number of carbonyl (C=O) groups is 4. The number of nitrogens with zero attached hydrogens (tertiary/aromatic N) is 1. The van der Waals surface area contributed by atoms with Crippen LogP contribution in [0.5, 0.6) is 0 Å². The highest BCUT2D eigenvalue weighted by Crippen LogP contribution is 2.30. The number of aryl methyl sites for hydroxylation is 2.